The van der Waals surface area contributed by atoms with E-state index in [0.717, 1.165) is 50.3 Å². The van der Waals surface area contributed by atoms with Crippen LogP contribution in [0.5, 0.6) is 0 Å². The minimum Gasteiger partial charge on any atom is -0.381 e. The summed E-state index contributed by atoms with van der Waals surface area (Å²) < 4.78 is 11.5. The Hall–Kier alpha value is -0.910. The molecule has 2 saturated heterocycles. The highest BCUT2D eigenvalue weighted by Gasteiger charge is 2.41. The number of ether oxygens (including phenoxy) is 2. The van der Waals surface area contributed by atoms with Gasteiger partial charge in [0.05, 0.1) is 16.6 Å². The molecule has 20 heavy (non-hydrogen) atoms. The fraction of sp³-hybridized carbons (Fsp3) is 0.667. The number of carbonyl (C=O) groups is 1. The third kappa shape index (κ3) is 2.75. The van der Waals surface area contributed by atoms with E-state index >= 15 is 0 Å². The topological polar surface area (TPSA) is 38.8 Å². The molecule has 1 atom stereocenters. The molecule has 110 valence electrons. The van der Waals surface area contributed by atoms with Crippen molar-refractivity contribution in [2.24, 2.45) is 0 Å². The number of carbonyl (C=O) groups excluding carboxylic acids is 1. The Morgan fingerprint density at radius 2 is 2.30 bits per heavy atom. The lowest BCUT2D eigenvalue weighted by atomic mass is 9.83. The van der Waals surface area contributed by atoms with Crippen molar-refractivity contribution in [1.29, 1.82) is 0 Å². The molecular weight excluding hydrogens is 274 g/mol. The summed E-state index contributed by atoms with van der Waals surface area (Å²) in [7, 11) is 1.78. The first-order chi connectivity index (χ1) is 9.72. The van der Waals surface area contributed by atoms with Crippen molar-refractivity contribution in [2.75, 3.05) is 26.8 Å². The molecule has 1 aromatic heterocycles. The van der Waals surface area contributed by atoms with Crippen molar-refractivity contribution in [3.63, 3.8) is 0 Å². The summed E-state index contributed by atoms with van der Waals surface area (Å²) in [6.07, 6.45) is 4.09. The molecule has 0 radical (unpaired) electrons. The van der Waals surface area contributed by atoms with Gasteiger partial charge < -0.3 is 14.4 Å². The molecule has 2 aliphatic rings. The standard InChI is InChI=1S/C15H21NO3S/c1-18-12-4-9-19-15(11-12)5-7-16(8-6-15)14(17)13-3-2-10-20-13/h2-3,10,12H,4-9,11H2,1H3. The first-order valence-electron chi connectivity index (χ1n) is 7.22. The van der Waals surface area contributed by atoms with Crippen LogP contribution in [0.2, 0.25) is 0 Å². The van der Waals surface area contributed by atoms with Gasteiger partial charge in [-0.2, -0.15) is 0 Å². The normalized spacial score (nSPS) is 25.9. The van der Waals surface area contributed by atoms with E-state index in [-0.39, 0.29) is 11.5 Å². The Morgan fingerprint density at radius 1 is 1.50 bits per heavy atom. The highest BCUT2D eigenvalue weighted by molar-refractivity contribution is 7.12. The van der Waals surface area contributed by atoms with Gasteiger partial charge in [-0.25, -0.2) is 0 Å². The molecule has 1 unspecified atom stereocenters. The molecule has 0 bridgehead atoms. The van der Waals surface area contributed by atoms with Crippen molar-refractivity contribution in [3.05, 3.63) is 22.4 Å². The van der Waals surface area contributed by atoms with E-state index in [4.69, 9.17) is 9.47 Å². The molecule has 1 aromatic rings. The Labute approximate surface area is 123 Å². The number of thiophene rings is 1. The second kappa shape index (κ2) is 5.84. The summed E-state index contributed by atoms with van der Waals surface area (Å²) in [5.74, 6) is 0.161. The Kier molecular flexibility index (Phi) is 4.10. The Balaban J connectivity index is 1.60. The number of rotatable bonds is 2. The van der Waals surface area contributed by atoms with Crippen molar-refractivity contribution in [1.82, 2.24) is 4.90 Å². The van der Waals surface area contributed by atoms with Crippen LogP contribution in [0.25, 0.3) is 0 Å². The van der Waals surface area contributed by atoms with Gasteiger partial charge in [0.15, 0.2) is 0 Å². The van der Waals surface area contributed by atoms with Gasteiger partial charge >= 0.3 is 0 Å². The lowest BCUT2D eigenvalue weighted by Gasteiger charge is -2.45. The zero-order valence-corrected chi connectivity index (χ0v) is 12.7. The number of amides is 1. The number of likely N-dealkylation sites (tertiary alicyclic amines) is 1. The van der Waals surface area contributed by atoms with E-state index in [1.165, 1.54) is 11.3 Å². The van der Waals surface area contributed by atoms with Gasteiger partial charge in [-0.3, -0.25) is 4.79 Å². The third-order valence-corrected chi connectivity index (χ3v) is 5.33. The maximum Gasteiger partial charge on any atom is 0.263 e. The number of hydrogen-bond donors (Lipinski definition) is 0. The molecule has 5 heteroatoms. The molecule has 0 saturated carbocycles. The van der Waals surface area contributed by atoms with Crippen molar-refractivity contribution < 1.29 is 14.3 Å². The van der Waals surface area contributed by atoms with Gasteiger partial charge in [0, 0.05) is 33.2 Å². The van der Waals surface area contributed by atoms with Crippen LogP contribution in [-0.4, -0.2) is 49.3 Å². The number of piperidine rings is 1. The first kappa shape index (κ1) is 14.0. The van der Waals surface area contributed by atoms with E-state index in [0.29, 0.717) is 6.10 Å². The van der Waals surface area contributed by atoms with Crippen LogP contribution in [-0.2, 0) is 9.47 Å². The summed E-state index contributed by atoms with van der Waals surface area (Å²) in [4.78, 5) is 15.1. The molecule has 2 fully saturated rings. The smallest absolute Gasteiger partial charge is 0.263 e. The average molecular weight is 295 g/mol. The minimum absolute atomic E-state index is 0.0643. The van der Waals surface area contributed by atoms with Gasteiger partial charge in [0.1, 0.15) is 0 Å². The van der Waals surface area contributed by atoms with Crippen LogP contribution in [0, 0.1) is 0 Å². The molecule has 2 aliphatic heterocycles. The molecular formula is C15H21NO3S. The fourth-order valence-electron chi connectivity index (χ4n) is 3.21. The second-order valence-corrected chi connectivity index (χ2v) is 6.60. The van der Waals surface area contributed by atoms with Gasteiger partial charge in [0.2, 0.25) is 0 Å². The molecule has 4 nitrogen and oxygen atoms in total. The maximum absolute atomic E-state index is 12.3. The van der Waals surface area contributed by atoms with Crippen LogP contribution < -0.4 is 0 Å². The average Bonchev–Trinajstić information content (AvgIpc) is 3.02. The minimum atomic E-state index is -0.0643. The van der Waals surface area contributed by atoms with Gasteiger partial charge in [0.25, 0.3) is 5.91 Å². The molecule has 0 N–H and O–H groups in total. The van der Waals surface area contributed by atoms with Crippen LogP contribution in [0.1, 0.15) is 35.4 Å². The van der Waals surface area contributed by atoms with E-state index in [2.05, 4.69) is 0 Å². The van der Waals surface area contributed by atoms with Crippen molar-refractivity contribution in [2.45, 2.75) is 37.4 Å². The van der Waals surface area contributed by atoms with Crippen LogP contribution in [0.4, 0.5) is 0 Å². The predicted molar refractivity (Wildman–Crippen MR) is 78.2 cm³/mol. The Bertz CT molecular complexity index is 452. The quantitative estimate of drug-likeness (QED) is 0.841. The lowest BCUT2D eigenvalue weighted by Crippen LogP contribution is -2.51. The van der Waals surface area contributed by atoms with E-state index < -0.39 is 0 Å². The van der Waals surface area contributed by atoms with Crippen molar-refractivity contribution in [3.8, 4) is 0 Å². The van der Waals surface area contributed by atoms with Crippen molar-refractivity contribution >= 4 is 17.2 Å². The van der Waals surface area contributed by atoms with Gasteiger partial charge in [-0.1, -0.05) is 6.07 Å². The van der Waals surface area contributed by atoms with E-state index in [1.807, 2.05) is 22.4 Å². The second-order valence-electron chi connectivity index (χ2n) is 5.65. The Morgan fingerprint density at radius 3 is 2.95 bits per heavy atom. The molecule has 1 amide bonds. The van der Waals surface area contributed by atoms with Crippen LogP contribution in [0.15, 0.2) is 17.5 Å². The highest BCUT2D eigenvalue weighted by Crippen LogP contribution is 2.36. The monoisotopic (exact) mass is 295 g/mol. The zero-order chi connectivity index (χ0) is 14.0. The van der Waals surface area contributed by atoms with Crippen LogP contribution in [0.3, 0.4) is 0 Å². The highest BCUT2D eigenvalue weighted by atomic mass is 32.1. The zero-order valence-electron chi connectivity index (χ0n) is 11.8. The third-order valence-electron chi connectivity index (χ3n) is 4.47. The lowest BCUT2D eigenvalue weighted by molar-refractivity contribution is -0.146. The molecule has 1 spiro atoms. The van der Waals surface area contributed by atoms with Crippen LogP contribution >= 0.6 is 11.3 Å². The maximum atomic E-state index is 12.3. The fourth-order valence-corrected chi connectivity index (χ4v) is 3.90. The largest absolute Gasteiger partial charge is 0.381 e. The summed E-state index contributed by atoms with van der Waals surface area (Å²) in [6, 6.07) is 3.83. The SMILES string of the molecule is COC1CCOC2(CCN(C(=O)c3cccs3)CC2)C1. The first-order valence-corrected chi connectivity index (χ1v) is 8.10. The van der Waals surface area contributed by atoms with Gasteiger partial charge in [-0.05, 0) is 30.7 Å². The van der Waals surface area contributed by atoms with E-state index in [9.17, 15) is 4.79 Å². The summed E-state index contributed by atoms with van der Waals surface area (Å²) >= 11 is 1.51. The van der Waals surface area contributed by atoms with Gasteiger partial charge in [-0.15, -0.1) is 11.3 Å². The summed E-state index contributed by atoms with van der Waals surface area (Å²) in [6.45, 7) is 2.34. The number of hydrogen-bond acceptors (Lipinski definition) is 4. The molecule has 3 rings (SSSR count). The van der Waals surface area contributed by atoms with E-state index in [1.54, 1.807) is 7.11 Å². The number of nitrogens with zero attached hydrogens (tertiary/aromatic N) is 1. The predicted octanol–water partition coefficient (Wildman–Crippen LogP) is 2.55. The summed E-state index contributed by atoms with van der Waals surface area (Å²) in [5.41, 5.74) is -0.0643. The molecule has 0 aliphatic carbocycles. The summed E-state index contributed by atoms with van der Waals surface area (Å²) in [5, 5.41) is 1.95. The molecule has 0 aromatic carbocycles. The number of methoxy groups -OCH3 is 1. The molecule has 3 heterocycles.